The summed E-state index contributed by atoms with van der Waals surface area (Å²) in [5, 5.41) is 4.38. The van der Waals surface area contributed by atoms with Crippen LogP contribution in [0.3, 0.4) is 0 Å². The van der Waals surface area contributed by atoms with E-state index in [4.69, 9.17) is 4.74 Å². The van der Waals surface area contributed by atoms with E-state index in [1.54, 1.807) is 0 Å². The SMILES string of the molecule is CC(=O)OCCn1cc(B2CC(C)(C)C(C)(C)C2)cn1. The maximum Gasteiger partial charge on any atom is 0.302 e. The van der Waals surface area contributed by atoms with E-state index in [1.807, 2.05) is 10.9 Å². The van der Waals surface area contributed by atoms with E-state index in [1.165, 1.54) is 25.0 Å². The first-order valence-corrected chi connectivity index (χ1v) is 7.37. The van der Waals surface area contributed by atoms with Crippen molar-refractivity contribution in [1.29, 1.82) is 0 Å². The molecular formula is C15H25BN2O2. The largest absolute Gasteiger partial charge is 0.464 e. The third-order valence-corrected chi connectivity index (χ3v) is 5.10. The highest BCUT2D eigenvalue weighted by Gasteiger charge is 2.48. The Kier molecular flexibility index (Phi) is 3.98. The lowest BCUT2D eigenvalue weighted by molar-refractivity contribution is -0.141. The van der Waals surface area contributed by atoms with Gasteiger partial charge in [-0.25, -0.2) is 0 Å². The van der Waals surface area contributed by atoms with Gasteiger partial charge in [-0.2, -0.15) is 5.10 Å². The van der Waals surface area contributed by atoms with Gasteiger partial charge in [-0.15, -0.1) is 0 Å². The van der Waals surface area contributed by atoms with Crippen LogP contribution in [0.25, 0.3) is 0 Å². The number of aromatic nitrogens is 2. The zero-order chi connectivity index (χ0) is 15.0. The van der Waals surface area contributed by atoms with E-state index < -0.39 is 0 Å². The van der Waals surface area contributed by atoms with Crippen molar-refractivity contribution in [3.8, 4) is 0 Å². The zero-order valence-corrected chi connectivity index (χ0v) is 13.3. The molecule has 1 aromatic heterocycles. The molecule has 0 aliphatic carbocycles. The summed E-state index contributed by atoms with van der Waals surface area (Å²) in [6, 6.07) is 0. The van der Waals surface area contributed by atoms with Crippen molar-refractivity contribution in [3.63, 3.8) is 0 Å². The first-order valence-electron chi connectivity index (χ1n) is 7.37. The minimum atomic E-state index is -0.239. The monoisotopic (exact) mass is 276 g/mol. The molecule has 0 bridgehead atoms. The number of hydrogen-bond donors (Lipinski definition) is 0. The third-order valence-electron chi connectivity index (χ3n) is 5.10. The highest BCUT2D eigenvalue weighted by atomic mass is 16.5. The summed E-state index contributed by atoms with van der Waals surface area (Å²) in [6.45, 7) is 12.5. The number of rotatable bonds is 4. The highest BCUT2D eigenvalue weighted by Crippen LogP contribution is 2.52. The molecule has 0 radical (unpaired) electrons. The smallest absolute Gasteiger partial charge is 0.302 e. The van der Waals surface area contributed by atoms with Gasteiger partial charge in [0.05, 0.1) is 6.54 Å². The molecule has 1 aliphatic heterocycles. The van der Waals surface area contributed by atoms with Crippen molar-refractivity contribution in [3.05, 3.63) is 12.4 Å². The van der Waals surface area contributed by atoms with Crippen LogP contribution in [0.15, 0.2) is 12.4 Å². The van der Waals surface area contributed by atoms with Crippen LogP contribution in [0, 0.1) is 10.8 Å². The number of carbonyl (C=O) groups excluding carboxylic acids is 1. The second kappa shape index (κ2) is 5.26. The van der Waals surface area contributed by atoms with E-state index in [-0.39, 0.29) is 5.97 Å². The van der Waals surface area contributed by atoms with Gasteiger partial charge < -0.3 is 4.74 Å². The van der Waals surface area contributed by atoms with Crippen molar-refractivity contribution in [2.45, 2.75) is 53.8 Å². The molecule has 0 amide bonds. The molecule has 4 nitrogen and oxygen atoms in total. The molecular weight excluding hydrogens is 251 g/mol. The quantitative estimate of drug-likeness (QED) is 0.625. The lowest BCUT2D eigenvalue weighted by Crippen LogP contribution is -2.26. The van der Waals surface area contributed by atoms with Gasteiger partial charge in [0.1, 0.15) is 6.61 Å². The number of hydrogen-bond acceptors (Lipinski definition) is 3. The predicted octanol–water partition coefficient (Wildman–Crippen LogP) is 2.21. The molecule has 0 N–H and O–H groups in total. The molecule has 0 unspecified atom stereocenters. The molecule has 1 aromatic rings. The Morgan fingerprint density at radius 3 is 2.50 bits per heavy atom. The number of esters is 1. The zero-order valence-electron chi connectivity index (χ0n) is 13.3. The summed E-state index contributed by atoms with van der Waals surface area (Å²) in [5.74, 6) is -0.239. The predicted molar refractivity (Wildman–Crippen MR) is 81.4 cm³/mol. The number of nitrogens with zero attached hydrogens (tertiary/aromatic N) is 2. The molecule has 0 spiro atoms. The average molecular weight is 276 g/mol. The van der Waals surface area contributed by atoms with Crippen LogP contribution in [0.2, 0.25) is 12.6 Å². The first kappa shape index (κ1) is 15.1. The van der Waals surface area contributed by atoms with Gasteiger partial charge in [-0.05, 0) is 16.3 Å². The van der Waals surface area contributed by atoms with E-state index in [0.29, 0.717) is 30.7 Å². The molecule has 0 atom stereocenters. The van der Waals surface area contributed by atoms with Gasteiger partial charge in [0.25, 0.3) is 0 Å². The fraction of sp³-hybridized carbons (Fsp3) is 0.733. The van der Waals surface area contributed by atoms with Crippen LogP contribution in [-0.4, -0.2) is 29.1 Å². The Hall–Kier alpha value is -1.26. The number of ether oxygens (including phenoxy) is 1. The van der Waals surface area contributed by atoms with Crippen molar-refractivity contribution >= 4 is 18.1 Å². The lowest BCUT2D eigenvalue weighted by Gasteiger charge is -2.35. The van der Waals surface area contributed by atoms with Gasteiger partial charge in [0.15, 0.2) is 6.71 Å². The fourth-order valence-electron chi connectivity index (χ4n) is 3.09. The summed E-state index contributed by atoms with van der Waals surface area (Å²) in [5.41, 5.74) is 2.03. The molecule has 2 rings (SSSR count). The van der Waals surface area contributed by atoms with Crippen LogP contribution in [0.1, 0.15) is 34.6 Å². The third kappa shape index (κ3) is 3.07. The standard InChI is InChI=1S/C15H25BN2O2/c1-12(19)20-7-6-18-9-13(8-17-18)16-10-14(2,3)15(4,5)11-16/h8-9H,6-7,10-11H2,1-5H3. The molecule has 1 fully saturated rings. The lowest BCUT2D eigenvalue weighted by atomic mass is 9.43. The van der Waals surface area contributed by atoms with Crippen LogP contribution < -0.4 is 5.46 Å². The summed E-state index contributed by atoms with van der Waals surface area (Å²) >= 11 is 0. The molecule has 2 heterocycles. The molecule has 0 aromatic carbocycles. The van der Waals surface area contributed by atoms with Crippen LogP contribution in [0.5, 0.6) is 0 Å². The van der Waals surface area contributed by atoms with Gasteiger partial charge in [-0.1, -0.05) is 40.3 Å². The Morgan fingerprint density at radius 1 is 1.35 bits per heavy atom. The Labute approximate surface area is 122 Å². The van der Waals surface area contributed by atoms with Gasteiger partial charge in [0, 0.05) is 19.3 Å². The Balaban J connectivity index is 1.98. The number of carbonyl (C=O) groups is 1. The normalized spacial score (nSPS) is 20.1. The van der Waals surface area contributed by atoms with E-state index in [0.717, 1.165) is 0 Å². The molecule has 110 valence electrons. The maximum absolute atomic E-state index is 10.7. The molecule has 20 heavy (non-hydrogen) atoms. The van der Waals surface area contributed by atoms with Crippen molar-refractivity contribution < 1.29 is 9.53 Å². The van der Waals surface area contributed by atoms with Gasteiger partial charge in [0.2, 0.25) is 0 Å². The van der Waals surface area contributed by atoms with Crippen LogP contribution in [0.4, 0.5) is 0 Å². The minimum Gasteiger partial charge on any atom is -0.464 e. The van der Waals surface area contributed by atoms with E-state index in [2.05, 4.69) is 39.0 Å². The molecule has 5 heteroatoms. The summed E-state index contributed by atoms with van der Waals surface area (Å²) in [7, 11) is 0. The van der Waals surface area contributed by atoms with E-state index in [9.17, 15) is 4.79 Å². The molecule has 1 saturated heterocycles. The Morgan fingerprint density at radius 2 is 1.95 bits per heavy atom. The van der Waals surface area contributed by atoms with Crippen LogP contribution in [-0.2, 0) is 16.1 Å². The first-order chi connectivity index (χ1) is 9.21. The molecule has 1 aliphatic rings. The average Bonchev–Trinajstić information content (AvgIpc) is 2.82. The fourth-order valence-corrected chi connectivity index (χ4v) is 3.09. The van der Waals surface area contributed by atoms with Gasteiger partial charge in [-0.3, -0.25) is 9.48 Å². The van der Waals surface area contributed by atoms with Crippen molar-refractivity contribution in [2.75, 3.05) is 6.61 Å². The molecule has 0 saturated carbocycles. The van der Waals surface area contributed by atoms with Crippen LogP contribution >= 0.6 is 0 Å². The summed E-state index contributed by atoms with van der Waals surface area (Å²) in [6.07, 6.45) is 6.48. The van der Waals surface area contributed by atoms with E-state index >= 15 is 0 Å². The summed E-state index contributed by atoms with van der Waals surface area (Å²) in [4.78, 5) is 10.7. The van der Waals surface area contributed by atoms with Gasteiger partial charge >= 0.3 is 5.97 Å². The Bertz CT molecular complexity index is 478. The highest BCUT2D eigenvalue weighted by molar-refractivity contribution is 6.74. The second-order valence-corrected chi connectivity index (χ2v) is 7.25. The van der Waals surface area contributed by atoms with Crippen molar-refractivity contribution in [2.24, 2.45) is 10.8 Å². The van der Waals surface area contributed by atoms with Crippen molar-refractivity contribution in [1.82, 2.24) is 9.78 Å². The minimum absolute atomic E-state index is 0.239. The topological polar surface area (TPSA) is 44.1 Å². The summed E-state index contributed by atoms with van der Waals surface area (Å²) < 4.78 is 6.82. The maximum atomic E-state index is 10.7. The second-order valence-electron chi connectivity index (χ2n) is 7.25.